The normalized spacial score (nSPS) is 9.81. The molecule has 6 heteroatoms. The molecule has 0 fully saturated rings. The van der Waals surface area contributed by atoms with Crippen LogP contribution >= 0.6 is 15.9 Å². The minimum absolute atomic E-state index is 0.266. The lowest BCUT2D eigenvalue weighted by molar-refractivity contribution is 0.102. The van der Waals surface area contributed by atoms with E-state index in [0.29, 0.717) is 27.0 Å². The fourth-order valence-electron chi connectivity index (χ4n) is 1.82. The molecule has 5 nitrogen and oxygen atoms in total. The fraction of sp³-hybridized carbons (Fsp3) is 0.133. The van der Waals surface area contributed by atoms with E-state index in [0.717, 1.165) is 5.69 Å². The number of halogens is 1. The second-order valence-corrected chi connectivity index (χ2v) is 5.24. The van der Waals surface area contributed by atoms with Crippen molar-refractivity contribution in [3.63, 3.8) is 0 Å². The van der Waals surface area contributed by atoms with E-state index in [9.17, 15) is 4.79 Å². The van der Waals surface area contributed by atoms with Gasteiger partial charge in [-0.15, -0.1) is 0 Å². The molecule has 21 heavy (non-hydrogen) atoms. The molecule has 0 aliphatic heterocycles. The van der Waals surface area contributed by atoms with Crippen LogP contribution in [0.25, 0.3) is 0 Å². The fourth-order valence-corrected chi connectivity index (χ4v) is 2.30. The molecule has 2 N–H and O–H groups in total. The van der Waals surface area contributed by atoms with Crippen LogP contribution in [0.5, 0.6) is 0 Å². The van der Waals surface area contributed by atoms with Crippen LogP contribution in [-0.2, 0) is 0 Å². The van der Waals surface area contributed by atoms with Gasteiger partial charge in [0.25, 0.3) is 5.91 Å². The SMILES string of the molecule is CNc1cc(C)ncc1C(=O)Nc1ccc(C#N)cc1Br. The average Bonchev–Trinajstić information content (AvgIpc) is 2.48. The summed E-state index contributed by atoms with van der Waals surface area (Å²) in [4.78, 5) is 16.5. The quantitative estimate of drug-likeness (QED) is 0.895. The van der Waals surface area contributed by atoms with Crippen molar-refractivity contribution in [2.45, 2.75) is 6.92 Å². The first-order valence-corrected chi connectivity index (χ1v) is 7.00. The number of carbonyl (C=O) groups excluding carboxylic acids is 1. The second-order valence-electron chi connectivity index (χ2n) is 4.38. The highest BCUT2D eigenvalue weighted by atomic mass is 79.9. The standard InChI is InChI=1S/C15H13BrN4O/c1-9-5-14(18-2)11(8-19-9)15(21)20-13-4-3-10(7-17)6-12(13)16/h3-6,8H,1-2H3,(H,18,19)(H,20,21). The van der Waals surface area contributed by atoms with E-state index >= 15 is 0 Å². The molecule has 2 aromatic rings. The second kappa shape index (κ2) is 6.37. The largest absolute Gasteiger partial charge is 0.387 e. The Morgan fingerprint density at radius 3 is 2.71 bits per heavy atom. The number of amides is 1. The molecule has 106 valence electrons. The lowest BCUT2D eigenvalue weighted by Crippen LogP contribution is -2.15. The van der Waals surface area contributed by atoms with Crippen molar-refractivity contribution >= 4 is 33.2 Å². The number of anilines is 2. The van der Waals surface area contributed by atoms with Gasteiger partial charge in [-0.05, 0) is 47.1 Å². The van der Waals surface area contributed by atoms with Crippen LogP contribution in [0.3, 0.4) is 0 Å². The smallest absolute Gasteiger partial charge is 0.259 e. The van der Waals surface area contributed by atoms with Crippen LogP contribution in [0.4, 0.5) is 11.4 Å². The molecule has 1 aromatic heterocycles. The molecule has 0 aliphatic rings. The highest BCUT2D eigenvalue weighted by Crippen LogP contribution is 2.25. The maximum atomic E-state index is 12.3. The highest BCUT2D eigenvalue weighted by Gasteiger charge is 2.13. The summed E-state index contributed by atoms with van der Waals surface area (Å²) in [7, 11) is 1.75. The Hall–Kier alpha value is -2.39. The van der Waals surface area contributed by atoms with E-state index < -0.39 is 0 Å². The number of nitrogens with one attached hydrogen (secondary N) is 2. The van der Waals surface area contributed by atoms with Gasteiger partial charge in [0, 0.05) is 23.4 Å². The number of aryl methyl sites for hydroxylation is 1. The highest BCUT2D eigenvalue weighted by molar-refractivity contribution is 9.10. The average molecular weight is 345 g/mol. The van der Waals surface area contributed by atoms with E-state index in [1.165, 1.54) is 6.20 Å². The lowest BCUT2D eigenvalue weighted by Gasteiger charge is -2.11. The molecule has 0 saturated carbocycles. The Morgan fingerprint density at radius 1 is 1.33 bits per heavy atom. The van der Waals surface area contributed by atoms with Crippen LogP contribution in [0.1, 0.15) is 21.6 Å². The molecule has 0 unspecified atom stereocenters. The molecule has 0 bridgehead atoms. The number of hydrogen-bond acceptors (Lipinski definition) is 4. The third kappa shape index (κ3) is 3.38. The van der Waals surface area contributed by atoms with Crippen LogP contribution in [0.15, 0.2) is 34.9 Å². The van der Waals surface area contributed by atoms with E-state index in [2.05, 4.69) is 31.5 Å². The Balaban J connectivity index is 2.28. The summed E-state index contributed by atoms with van der Waals surface area (Å²) in [6.45, 7) is 1.86. The summed E-state index contributed by atoms with van der Waals surface area (Å²) in [5, 5.41) is 14.6. The number of hydrogen-bond donors (Lipinski definition) is 2. The third-order valence-corrected chi connectivity index (χ3v) is 3.56. The van der Waals surface area contributed by atoms with E-state index in [4.69, 9.17) is 5.26 Å². The molecule has 0 spiro atoms. The maximum Gasteiger partial charge on any atom is 0.259 e. The van der Waals surface area contributed by atoms with Crippen LogP contribution in [0.2, 0.25) is 0 Å². The summed E-state index contributed by atoms with van der Waals surface area (Å²) >= 11 is 3.34. The van der Waals surface area contributed by atoms with Gasteiger partial charge < -0.3 is 10.6 Å². The minimum atomic E-state index is -0.266. The number of benzene rings is 1. The van der Waals surface area contributed by atoms with Crippen molar-refractivity contribution < 1.29 is 4.79 Å². The van der Waals surface area contributed by atoms with Crippen molar-refractivity contribution in [3.8, 4) is 6.07 Å². The van der Waals surface area contributed by atoms with Gasteiger partial charge >= 0.3 is 0 Å². The number of carbonyl (C=O) groups is 1. The zero-order valence-corrected chi connectivity index (χ0v) is 13.2. The molecule has 1 aromatic carbocycles. The molecule has 0 aliphatic carbocycles. The predicted molar refractivity (Wildman–Crippen MR) is 85.3 cm³/mol. The minimum Gasteiger partial charge on any atom is -0.387 e. The Kier molecular flexibility index (Phi) is 4.55. The zero-order valence-electron chi connectivity index (χ0n) is 11.6. The van der Waals surface area contributed by atoms with E-state index in [1.807, 2.05) is 19.1 Å². The van der Waals surface area contributed by atoms with Gasteiger partial charge in [0.15, 0.2) is 0 Å². The molecule has 0 saturated heterocycles. The first-order valence-electron chi connectivity index (χ1n) is 6.20. The van der Waals surface area contributed by atoms with Crippen LogP contribution < -0.4 is 10.6 Å². The topological polar surface area (TPSA) is 77.8 Å². The first-order chi connectivity index (χ1) is 10.0. The molecule has 1 heterocycles. The number of rotatable bonds is 3. The summed E-state index contributed by atoms with van der Waals surface area (Å²) in [5.41, 5.74) is 3.12. The van der Waals surface area contributed by atoms with Gasteiger partial charge in [0.1, 0.15) is 0 Å². The summed E-state index contributed by atoms with van der Waals surface area (Å²) in [5.74, 6) is -0.266. The van der Waals surface area contributed by atoms with Crippen molar-refractivity contribution in [1.29, 1.82) is 5.26 Å². The summed E-state index contributed by atoms with van der Waals surface area (Å²) in [6, 6.07) is 8.83. The van der Waals surface area contributed by atoms with Gasteiger partial charge in [-0.3, -0.25) is 9.78 Å². The summed E-state index contributed by atoms with van der Waals surface area (Å²) < 4.78 is 0.654. The molecule has 0 atom stereocenters. The zero-order chi connectivity index (χ0) is 15.4. The predicted octanol–water partition coefficient (Wildman–Crippen LogP) is 3.32. The van der Waals surface area contributed by atoms with Crippen molar-refractivity contribution in [1.82, 2.24) is 4.98 Å². The van der Waals surface area contributed by atoms with Gasteiger partial charge in [0.05, 0.1) is 28.6 Å². The molecular weight excluding hydrogens is 332 g/mol. The molecule has 1 amide bonds. The van der Waals surface area contributed by atoms with Crippen molar-refractivity contribution in [3.05, 3.63) is 51.8 Å². The number of nitrogens with zero attached hydrogens (tertiary/aromatic N) is 2. The monoisotopic (exact) mass is 344 g/mol. The van der Waals surface area contributed by atoms with Crippen LogP contribution in [-0.4, -0.2) is 17.9 Å². The Labute approximate surface area is 131 Å². The number of nitriles is 1. The number of aromatic nitrogens is 1. The number of pyridine rings is 1. The van der Waals surface area contributed by atoms with Crippen LogP contribution in [0, 0.1) is 18.3 Å². The molecule has 2 rings (SSSR count). The first kappa shape index (κ1) is 15.0. The Bertz CT molecular complexity index is 737. The maximum absolute atomic E-state index is 12.3. The third-order valence-electron chi connectivity index (χ3n) is 2.90. The molecular formula is C15H13BrN4O. The molecule has 0 radical (unpaired) electrons. The van der Waals surface area contributed by atoms with Crippen molar-refractivity contribution in [2.75, 3.05) is 17.7 Å². The van der Waals surface area contributed by atoms with Gasteiger partial charge in [-0.1, -0.05) is 0 Å². The lowest BCUT2D eigenvalue weighted by atomic mass is 10.1. The summed E-state index contributed by atoms with van der Waals surface area (Å²) in [6.07, 6.45) is 1.54. The van der Waals surface area contributed by atoms with Gasteiger partial charge in [0.2, 0.25) is 0 Å². The van der Waals surface area contributed by atoms with Gasteiger partial charge in [-0.25, -0.2) is 0 Å². The van der Waals surface area contributed by atoms with Gasteiger partial charge in [-0.2, -0.15) is 5.26 Å². The van der Waals surface area contributed by atoms with Crippen molar-refractivity contribution in [2.24, 2.45) is 0 Å². The van der Waals surface area contributed by atoms with E-state index in [1.54, 1.807) is 25.2 Å². The Morgan fingerprint density at radius 2 is 2.10 bits per heavy atom. The van der Waals surface area contributed by atoms with E-state index in [-0.39, 0.29) is 5.91 Å².